The van der Waals surface area contributed by atoms with Gasteiger partial charge in [0.1, 0.15) is 0 Å². The average molecular weight is 218 g/mol. The first-order valence-corrected chi connectivity index (χ1v) is 5.14. The summed E-state index contributed by atoms with van der Waals surface area (Å²) in [5.41, 5.74) is 9.36. The molecule has 1 amide bonds. The molecular formula is C11H14N4O. The second-order valence-electron chi connectivity index (χ2n) is 3.51. The van der Waals surface area contributed by atoms with Gasteiger partial charge in [0.15, 0.2) is 0 Å². The Morgan fingerprint density at radius 1 is 1.56 bits per heavy atom. The summed E-state index contributed by atoms with van der Waals surface area (Å²) in [6, 6.07) is 6.90. The number of hydrogen-bond acceptors (Lipinski definition) is 2. The molecule has 1 unspecified atom stereocenters. The summed E-state index contributed by atoms with van der Waals surface area (Å²) in [6.45, 7) is 3.80. The van der Waals surface area contributed by atoms with Crippen LogP contribution in [-0.2, 0) is 4.79 Å². The van der Waals surface area contributed by atoms with Gasteiger partial charge in [-0.1, -0.05) is 37.2 Å². The highest BCUT2D eigenvalue weighted by Gasteiger charge is 2.11. The number of carbonyl (C=O) groups excluding carboxylic acids is 1. The van der Waals surface area contributed by atoms with Crippen LogP contribution in [0.25, 0.3) is 10.4 Å². The third-order valence-corrected chi connectivity index (χ3v) is 2.37. The topological polar surface area (TPSA) is 77.9 Å². The van der Waals surface area contributed by atoms with Gasteiger partial charge in [-0.05, 0) is 18.0 Å². The van der Waals surface area contributed by atoms with Crippen molar-refractivity contribution >= 4 is 17.3 Å². The van der Waals surface area contributed by atoms with Crippen LogP contribution in [0.5, 0.6) is 0 Å². The number of carbonyl (C=O) groups is 1. The van der Waals surface area contributed by atoms with E-state index in [0.717, 1.165) is 6.42 Å². The molecule has 0 spiro atoms. The second-order valence-corrected chi connectivity index (χ2v) is 3.51. The molecule has 0 aliphatic heterocycles. The van der Waals surface area contributed by atoms with Crippen molar-refractivity contribution < 1.29 is 4.79 Å². The Labute approximate surface area is 94.1 Å². The average Bonchev–Trinajstić information content (AvgIpc) is 2.31. The summed E-state index contributed by atoms with van der Waals surface area (Å²) in [5.74, 6) is -0.123. The Hall–Kier alpha value is -2.00. The molecule has 1 atom stereocenters. The number of nitrogens with one attached hydrogen (secondary N) is 1. The fraction of sp³-hybridized carbons (Fsp3) is 0.364. The minimum atomic E-state index is -0.0666. The molecule has 1 aromatic carbocycles. The normalized spacial score (nSPS) is 11.4. The monoisotopic (exact) mass is 218 g/mol. The number of amides is 1. The molecular weight excluding hydrogens is 204 g/mol. The molecule has 1 aromatic rings. The molecule has 0 saturated heterocycles. The van der Waals surface area contributed by atoms with Gasteiger partial charge in [0, 0.05) is 10.8 Å². The van der Waals surface area contributed by atoms with Gasteiger partial charge in [-0.15, -0.1) is 0 Å². The van der Waals surface area contributed by atoms with E-state index >= 15 is 0 Å². The maximum Gasteiger partial charge on any atom is 0.227 e. The van der Waals surface area contributed by atoms with Crippen molar-refractivity contribution in [3.63, 3.8) is 0 Å². The van der Waals surface area contributed by atoms with Crippen LogP contribution >= 0.6 is 0 Å². The number of anilines is 1. The summed E-state index contributed by atoms with van der Waals surface area (Å²) in [5, 5.41) is 6.25. The van der Waals surface area contributed by atoms with E-state index in [1.165, 1.54) is 0 Å². The molecule has 0 radical (unpaired) electrons. The van der Waals surface area contributed by atoms with Crippen LogP contribution in [0.1, 0.15) is 20.3 Å². The molecule has 0 aromatic heterocycles. The molecule has 1 rings (SSSR count). The molecule has 0 aliphatic carbocycles. The molecule has 5 nitrogen and oxygen atoms in total. The van der Waals surface area contributed by atoms with Crippen LogP contribution in [0.3, 0.4) is 0 Å². The van der Waals surface area contributed by atoms with Crippen LogP contribution in [0.2, 0.25) is 0 Å². The quantitative estimate of drug-likeness (QED) is 0.467. The van der Waals surface area contributed by atoms with Crippen molar-refractivity contribution in [2.45, 2.75) is 20.3 Å². The summed E-state index contributed by atoms with van der Waals surface area (Å²) >= 11 is 0. The van der Waals surface area contributed by atoms with Crippen LogP contribution in [0.15, 0.2) is 29.4 Å². The zero-order valence-electron chi connectivity index (χ0n) is 9.34. The third kappa shape index (κ3) is 3.00. The molecule has 16 heavy (non-hydrogen) atoms. The Morgan fingerprint density at radius 3 is 2.88 bits per heavy atom. The lowest BCUT2D eigenvalue weighted by atomic mass is 10.1. The van der Waals surface area contributed by atoms with Crippen molar-refractivity contribution in [2.24, 2.45) is 11.0 Å². The minimum Gasteiger partial charge on any atom is -0.325 e. The molecule has 0 fully saturated rings. The third-order valence-electron chi connectivity index (χ3n) is 2.37. The van der Waals surface area contributed by atoms with E-state index in [0.29, 0.717) is 11.4 Å². The van der Waals surface area contributed by atoms with Gasteiger partial charge in [-0.3, -0.25) is 4.79 Å². The number of para-hydroxylation sites is 1. The number of hydrogen-bond donors (Lipinski definition) is 1. The zero-order valence-corrected chi connectivity index (χ0v) is 9.34. The van der Waals surface area contributed by atoms with Gasteiger partial charge in [0.2, 0.25) is 5.91 Å². The van der Waals surface area contributed by atoms with E-state index < -0.39 is 0 Å². The number of nitrogens with zero attached hydrogens (tertiary/aromatic N) is 3. The van der Waals surface area contributed by atoms with E-state index in [4.69, 9.17) is 5.53 Å². The van der Waals surface area contributed by atoms with Crippen LogP contribution in [0, 0.1) is 5.92 Å². The highest BCUT2D eigenvalue weighted by Crippen LogP contribution is 2.24. The Kier molecular flexibility index (Phi) is 4.36. The highest BCUT2D eigenvalue weighted by molar-refractivity contribution is 5.94. The maximum absolute atomic E-state index is 11.7. The lowest BCUT2D eigenvalue weighted by Crippen LogP contribution is -2.19. The Bertz CT molecular complexity index is 424. The van der Waals surface area contributed by atoms with Crippen LogP contribution in [0.4, 0.5) is 11.4 Å². The molecule has 1 N–H and O–H groups in total. The summed E-state index contributed by atoms with van der Waals surface area (Å²) in [6.07, 6.45) is 0.773. The Balaban J connectivity index is 2.88. The van der Waals surface area contributed by atoms with Gasteiger partial charge < -0.3 is 5.32 Å². The smallest absolute Gasteiger partial charge is 0.227 e. The van der Waals surface area contributed by atoms with Crippen molar-refractivity contribution in [3.8, 4) is 0 Å². The predicted molar refractivity (Wildman–Crippen MR) is 63.3 cm³/mol. The molecule has 84 valence electrons. The first kappa shape index (κ1) is 12.1. The molecule has 0 aliphatic rings. The molecule has 5 heteroatoms. The van der Waals surface area contributed by atoms with E-state index in [1.807, 2.05) is 13.8 Å². The largest absolute Gasteiger partial charge is 0.325 e. The summed E-state index contributed by atoms with van der Waals surface area (Å²) in [4.78, 5) is 14.4. The molecule has 0 bridgehead atoms. The van der Waals surface area contributed by atoms with E-state index in [9.17, 15) is 4.79 Å². The van der Waals surface area contributed by atoms with Gasteiger partial charge in [0.25, 0.3) is 0 Å². The first-order valence-electron chi connectivity index (χ1n) is 5.14. The van der Waals surface area contributed by atoms with Crippen molar-refractivity contribution in [1.82, 2.24) is 0 Å². The SMILES string of the molecule is CCC(C)C(=O)Nc1ccccc1N=[N+]=[N-]. The minimum absolute atomic E-state index is 0.0564. The lowest BCUT2D eigenvalue weighted by molar-refractivity contribution is -0.119. The van der Waals surface area contributed by atoms with E-state index in [1.54, 1.807) is 24.3 Å². The second kappa shape index (κ2) is 5.78. The van der Waals surface area contributed by atoms with Crippen molar-refractivity contribution in [3.05, 3.63) is 34.7 Å². The standard InChI is InChI=1S/C11H14N4O/c1-3-8(2)11(16)13-9-6-4-5-7-10(9)14-15-12/h4-8H,3H2,1-2H3,(H,13,16). The predicted octanol–water partition coefficient (Wildman–Crippen LogP) is 3.61. The van der Waals surface area contributed by atoms with Gasteiger partial charge in [-0.25, -0.2) is 0 Å². The summed E-state index contributed by atoms with van der Waals surface area (Å²) in [7, 11) is 0. The number of azide groups is 1. The van der Waals surface area contributed by atoms with Crippen LogP contribution in [-0.4, -0.2) is 5.91 Å². The van der Waals surface area contributed by atoms with Crippen molar-refractivity contribution in [1.29, 1.82) is 0 Å². The van der Waals surface area contributed by atoms with Gasteiger partial charge >= 0.3 is 0 Å². The van der Waals surface area contributed by atoms with E-state index in [-0.39, 0.29) is 11.8 Å². The fourth-order valence-corrected chi connectivity index (χ4v) is 1.16. The molecule has 0 heterocycles. The first-order chi connectivity index (χ1) is 7.69. The van der Waals surface area contributed by atoms with E-state index in [2.05, 4.69) is 15.3 Å². The Morgan fingerprint density at radius 2 is 2.25 bits per heavy atom. The highest BCUT2D eigenvalue weighted by atomic mass is 16.1. The molecule has 0 saturated carbocycles. The van der Waals surface area contributed by atoms with Crippen molar-refractivity contribution in [2.75, 3.05) is 5.32 Å². The van der Waals surface area contributed by atoms with Gasteiger partial charge in [-0.2, -0.15) is 0 Å². The lowest BCUT2D eigenvalue weighted by Gasteiger charge is -2.11. The fourth-order valence-electron chi connectivity index (χ4n) is 1.16. The zero-order chi connectivity index (χ0) is 12.0. The van der Waals surface area contributed by atoms with Gasteiger partial charge in [0.05, 0.1) is 11.4 Å². The van der Waals surface area contributed by atoms with Crippen LogP contribution < -0.4 is 5.32 Å². The summed E-state index contributed by atoms with van der Waals surface area (Å²) < 4.78 is 0. The number of rotatable bonds is 4. The maximum atomic E-state index is 11.7. The number of benzene rings is 1.